The molecule has 1 unspecified atom stereocenters. The lowest BCUT2D eigenvalue weighted by molar-refractivity contribution is 0.798. The van der Waals surface area contributed by atoms with E-state index in [4.69, 9.17) is 5.73 Å². The van der Waals surface area contributed by atoms with Crippen molar-refractivity contribution in [1.29, 1.82) is 0 Å². The van der Waals surface area contributed by atoms with E-state index < -0.39 is 0 Å². The fourth-order valence-corrected chi connectivity index (χ4v) is 1.94. The highest BCUT2D eigenvalue weighted by Crippen LogP contribution is 2.21. The molecule has 1 rings (SSSR count). The second kappa shape index (κ2) is 3.32. The first-order chi connectivity index (χ1) is 5.15. The summed E-state index contributed by atoms with van der Waals surface area (Å²) in [6, 6.07) is 0.0824. The van der Waals surface area contributed by atoms with E-state index in [0.717, 1.165) is 11.4 Å². The maximum atomic E-state index is 5.70. The molecule has 3 heteroatoms. The minimum Gasteiger partial charge on any atom is -0.322 e. The molecule has 11 heavy (non-hydrogen) atoms. The summed E-state index contributed by atoms with van der Waals surface area (Å²) < 4.78 is 0. The summed E-state index contributed by atoms with van der Waals surface area (Å²) in [4.78, 5) is 5.73. The number of thiazole rings is 1. The van der Waals surface area contributed by atoms with E-state index in [2.05, 4.69) is 18.8 Å². The molecule has 0 saturated carbocycles. The van der Waals surface area contributed by atoms with Crippen molar-refractivity contribution in [2.24, 2.45) is 5.73 Å². The lowest BCUT2D eigenvalue weighted by Gasteiger charge is -1.95. The van der Waals surface area contributed by atoms with Crippen LogP contribution in [-0.2, 0) is 6.42 Å². The van der Waals surface area contributed by atoms with Crippen LogP contribution in [0.15, 0.2) is 0 Å². The molecule has 1 aromatic rings. The Bertz CT molecular complexity index is 240. The van der Waals surface area contributed by atoms with E-state index in [9.17, 15) is 0 Å². The number of hydrogen-bond donors (Lipinski definition) is 1. The van der Waals surface area contributed by atoms with Crippen molar-refractivity contribution in [3.8, 4) is 0 Å². The molecular formula is C8H14N2S. The summed E-state index contributed by atoms with van der Waals surface area (Å²) in [5, 5.41) is 1.05. The molecule has 1 aromatic heterocycles. The Morgan fingerprint density at radius 3 is 2.55 bits per heavy atom. The Kier molecular flexibility index (Phi) is 2.62. The van der Waals surface area contributed by atoms with Gasteiger partial charge in [0, 0.05) is 4.88 Å². The molecule has 0 fully saturated rings. The van der Waals surface area contributed by atoms with Gasteiger partial charge in [-0.05, 0) is 20.3 Å². The second-order valence-corrected chi connectivity index (χ2v) is 3.93. The van der Waals surface area contributed by atoms with Crippen molar-refractivity contribution < 1.29 is 0 Å². The van der Waals surface area contributed by atoms with Gasteiger partial charge in [-0.15, -0.1) is 11.3 Å². The van der Waals surface area contributed by atoms with Crippen molar-refractivity contribution in [1.82, 2.24) is 4.98 Å². The van der Waals surface area contributed by atoms with Crippen molar-refractivity contribution in [3.05, 3.63) is 15.6 Å². The number of nitrogens with zero attached hydrogens (tertiary/aromatic N) is 1. The van der Waals surface area contributed by atoms with Gasteiger partial charge in [0.05, 0.1) is 11.7 Å². The molecule has 1 atom stereocenters. The summed E-state index contributed by atoms with van der Waals surface area (Å²) in [7, 11) is 0. The molecule has 0 aliphatic carbocycles. The van der Waals surface area contributed by atoms with Crippen molar-refractivity contribution in [3.63, 3.8) is 0 Å². The van der Waals surface area contributed by atoms with Gasteiger partial charge in [-0.1, -0.05) is 6.92 Å². The maximum absolute atomic E-state index is 5.70. The van der Waals surface area contributed by atoms with Gasteiger partial charge in [0.1, 0.15) is 5.01 Å². The van der Waals surface area contributed by atoms with Gasteiger partial charge < -0.3 is 5.73 Å². The van der Waals surface area contributed by atoms with Crippen LogP contribution >= 0.6 is 11.3 Å². The van der Waals surface area contributed by atoms with Crippen LogP contribution in [0.1, 0.15) is 35.5 Å². The zero-order valence-corrected chi connectivity index (χ0v) is 8.03. The zero-order chi connectivity index (χ0) is 8.43. The predicted octanol–water partition coefficient (Wildman–Crippen LogP) is 2.03. The smallest absolute Gasteiger partial charge is 0.110 e. The number of hydrogen-bond acceptors (Lipinski definition) is 3. The Labute approximate surface area is 71.5 Å². The van der Waals surface area contributed by atoms with Crippen LogP contribution in [0.4, 0.5) is 0 Å². The van der Waals surface area contributed by atoms with Crippen molar-refractivity contribution >= 4 is 11.3 Å². The van der Waals surface area contributed by atoms with Crippen LogP contribution < -0.4 is 5.73 Å². The summed E-state index contributed by atoms with van der Waals surface area (Å²) in [5.74, 6) is 0. The predicted molar refractivity (Wildman–Crippen MR) is 48.8 cm³/mol. The monoisotopic (exact) mass is 170 g/mol. The van der Waals surface area contributed by atoms with Crippen LogP contribution in [0.2, 0.25) is 0 Å². The fraction of sp³-hybridized carbons (Fsp3) is 0.625. The third-order valence-corrected chi connectivity index (χ3v) is 2.85. The van der Waals surface area contributed by atoms with E-state index in [1.165, 1.54) is 10.6 Å². The van der Waals surface area contributed by atoms with E-state index in [1.54, 1.807) is 11.3 Å². The second-order valence-electron chi connectivity index (χ2n) is 2.70. The first-order valence-corrected chi connectivity index (χ1v) is 4.68. The topological polar surface area (TPSA) is 38.9 Å². The quantitative estimate of drug-likeness (QED) is 0.737. The van der Waals surface area contributed by atoms with Gasteiger partial charge >= 0.3 is 0 Å². The zero-order valence-electron chi connectivity index (χ0n) is 7.22. The molecule has 2 nitrogen and oxygen atoms in total. The van der Waals surface area contributed by atoms with Crippen LogP contribution in [-0.4, -0.2) is 4.98 Å². The van der Waals surface area contributed by atoms with Crippen molar-refractivity contribution in [2.75, 3.05) is 0 Å². The average Bonchev–Trinajstić information content (AvgIpc) is 2.31. The highest BCUT2D eigenvalue weighted by atomic mass is 32.1. The molecular weight excluding hydrogens is 156 g/mol. The molecule has 1 heterocycles. The Hall–Kier alpha value is -0.410. The standard InChI is InChI=1S/C8H14N2S/c1-4-7-6(3)11-8(10-7)5(2)9/h5H,4,9H2,1-3H3. The third-order valence-electron chi connectivity index (χ3n) is 1.63. The molecule has 0 aliphatic heterocycles. The number of aromatic nitrogens is 1. The molecule has 0 aliphatic rings. The van der Waals surface area contributed by atoms with E-state index >= 15 is 0 Å². The summed E-state index contributed by atoms with van der Waals surface area (Å²) >= 11 is 1.71. The molecule has 0 amide bonds. The number of aryl methyl sites for hydroxylation is 2. The van der Waals surface area contributed by atoms with Gasteiger partial charge in [-0.3, -0.25) is 0 Å². The molecule has 0 radical (unpaired) electrons. The van der Waals surface area contributed by atoms with Gasteiger partial charge in [-0.25, -0.2) is 4.98 Å². The lowest BCUT2D eigenvalue weighted by Crippen LogP contribution is -2.04. The van der Waals surface area contributed by atoms with Crippen LogP contribution in [0.25, 0.3) is 0 Å². The first kappa shape index (κ1) is 8.68. The maximum Gasteiger partial charge on any atom is 0.110 e. The Morgan fingerprint density at radius 2 is 2.27 bits per heavy atom. The van der Waals surface area contributed by atoms with Gasteiger partial charge in [-0.2, -0.15) is 0 Å². The minimum atomic E-state index is 0.0824. The molecule has 62 valence electrons. The van der Waals surface area contributed by atoms with E-state index in [0.29, 0.717) is 0 Å². The molecule has 2 N–H and O–H groups in total. The van der Waals surface area contributed by atoms with Gasteiger partial charge in [0.25, 0.3) is 0 Å². The highest BCUT2D eigenvalue weighted by Gasteiger charge is 2.08. The summed E-state index contributed by atoms with van der Waals surface area (Å²) in [6.45, 7) is 6.19. The minimum absolute atomic E-state index is 0.0824. The molecule has 0 spiro atoms. The molecule has 0 bridgehead atoms. The normalized spacial score (nSPS) is 13.5. The number of nitrogens with two attached hydrogens (primary N) is 1. The fourth-order valence-electron chi connectivity index (χ4n) is 0.973. The summed E-state index contributed by atoms with van der Waals surface area (Å²) in [5.41, 5.74) is 6.90. The highest BCUT2D eigenvalue weighted by molar-refractivity contribution is 7.11. The van der Waals surface area contributed by atoms with Gasteiger partial charge in [0.2, 0.25) is 0 Å². The van der Waals surface area contributed by atoms with E-state index in [1.807, 2.05) is 6.92 Å². The Balaban J connectivity index is 2.95. The van der Waals surface area contributed by atoms with Gasteiger partial charge in [0.15, 0.2) is 0 Å². The van der Waals surface area contributed by atoms with Crippen molar-refractivity contribution in [2.45, 2.75) is 33.2 Å². The van der Waals surface area contributed by atoms with E-state index in [-0.39, 0.29) is 6.04 Å². The summed E-state index contributed by atoms with van der Waals surface area (Å²) in [6.07, 6.45) is 1.01. The third kappa shape index (κ3) is 1.79. The van der Waals surface area contributed by atoms with Crippen LogP contribution in [0.5, 0.6) is 0 Å². The number of rotatable bonds is 2. The SMILES string of the molecule is CCc1nc(C(C)N)sc1C. The molecule has 0 saturated heterocycles. The Morgan fingerprint density at radius 1 is 1.64 bits per heavy atom. The first-order valence-electron chi connectivity index (χ1n) is 3.87. The van der Waals surface area contributed by atoms with Crippen LogP contribution in [0, 0.1) is 6.92 Å². The lowest BCUT2D eigenvalue weighted by atomic mass is 10.3. The van der Waals surface area contributed by atoms with Crippen LogP contribution in [0.3, 0.4) is 0 Å². The average molecular weight is 170 g/mol. The largest absolute Gasteiger partial charge is 0.322 e. The molecule has 0 aromatic carbocycles.